The standard InChI is InChI=1S/C15H20N2O/c1-10-12(8-11-6-7-16-9-11)15-13(17-10)4-3-5-14(15)18-2/h3-5,11,16-17H,6-9H2,1-2H3. The van der Waals surface area contributed by atoms with E-state index < -0.39 is 0 Å². The van der Waals surface area contributed by atoms with Crippen molar-refractivity contribution in [3.63, 3.8) is 0 Å². The summed E-state index contributed by atoms with van der Waals surface area (Å²) in [5.74, 6) is 1.74. The Bertz CT molecular complexity index is 553. The lowest BCUT2D eigenvalue weighted by Gasteiger charge is -2.10. The first-order valence-corrected chi connectivity index (χ1v) is 6.64. The second kappa shape index (κ2) is 4.65. The highest BCUT2D eigenvalue weighted by molar-refractivity contribution is 5.90. The maximum atomic E-state index is 5.51. The van der Waals surface area contributed by atoms with Gasteiger partial charge in [-0.15, -0.1) is 0 Å². The Kier molecular flexibility index (Phi) is 3.00. The molecule has 1 aliphatic rings. The van der Waals surface area contributed by atoms with Crippen LogP contribution in [-0.4, -0.2) is 25.2 Å². The van der Waals surface area contributed by atoms with E-state index in [1.54, 1.807) is 7.11 Å². The smallest absolute Gasteiger partial charge is 0.128 e. The van der Waals surface area contributed by atoms with E-state index in [0.717, 1.165) is 31.2 Å². The van der Waals surface area contributed by atoms with Crippen molar-refractivity contribution in [2.75, 3.05) is 20.2 Å². The molecule has 0 amide bonds. The number of fused-ring (bicyclic) bond motifs is 1. The van der Waals surface area contributed by atoms with E-state index in [9.17, 15) is 0 Å². The number of rotatable bonds is 3. The third-order valence-electron chi connectivity index (χ3n) is 3.98. The lowest BCUT2D eigenvalue weighted by molar-refractivity contribution is 0.419. The van der Waals surface area contributed by atoms with Crippen LogP contribution in [0.1, 0.15) is 17.7 Å². The zero-order valence-electron chi connectivity index (χ0n) is 11.0. The number of aryl methyl sites for hydroxylation is 1. The number of H-pyrrole nitrogens is 1. The number of hydrogen-bond acceptors (Lipinski definition) is 2. The van der Waals surface area contributed by atoms with Gasteiger partial charge in [-0.1, -0.05) is 6.07 Å². The minimum absolute atomic E-state index is 0.757. The molecular weight excluding hydrogens is 224 g/mol. The molecule has 2 N–H and O–H groups in total. The van der Waals surface area contributed by atoms with Crippen molar-refractivity contribution in [2.24, 2.45) is 5.92 Å². The number of hydrogen-bond donors (Lipinski definition) is 2. The van der Waals surface area contributed by atoms with Gasteiger partial charge in [0.25, 0.3) is 0 Å². The fourth-order valence-electron chi connectivity index (χ4n) is 3.01. The quantitative estimate of drug-likeness (QED) is 0.871. The average Bonchev–Trinajstić information content (AvgIpc) is 2.98. The predicted octanol–water partition coefficient (Wildman–Crippen LogP) is 2.64. The topological polar surface area (TPSA) is 37.0 Å². The Balaban J connectivity index is 2.05. The maximum absolute atomic E-state index is 5.51. The molecule has 1 aromatic heterocycles. The molecule has 3 rings (SSSR count). The summed E-state index contributed by atoms with van der Waals surface area (Å²) >= 11 is 0. The fourth-order valence-corrected chi connectivity index (χ4v) is 3.01. The van der Waals surface area contributed by atoms with E-state index in [0.29, 0.717) is 0 Å². The molecule has 2 aromatic rings. The van der Waals surface area contributed by atoms with Gasteiger partial charge >= 0.3 is 0 Å². The molecule has 1 aliphatic heterocycles. The third kappa shape index (κ3) is 1.89. The highest BCUT2D eigenvalue weighted by Gasteiger charge is 2.20. The van der Waals surface area contributed by atoms with Crippen LogP contribution in [0.2, 0.25) is 0 Å². The van der Waals surface area contributed by atoms with Gasteiger partial charge < -0.3 is 15.0 Å². The molecule has 1 saturated heterocycles. The third-order valence-corrected chi connectivity index (χ3v) is 3.98. The summed E-state index contributed by atoms with van der Waals surface area (Å²) in [7, 11) is 1.75. The van der Waals surface area contributed by atoms with Crippen molar-refractivity contribution in [3.05, 3.63) is 29.5 Å². The highest BCUT2D eigenvalue weighted by atomic mass is 16.5. The Morgan fingerprint density at radius 2 is 2.28 bits per heavy atom. The Labute approximate surface area is 108 Å². The SMILES string of the molecule is COc1cccc2[nH]c(C)c(CC3CCNC3)c12. The van der Waals surface area contributed by atoms with Crippen molar-refractivity contribution >= 4 is 10.9 Å². The number of methoxy groups -OCH3 is 1. The Morgan fingerprint density at radius 3 is 3.00 bits per heavy atom. The normalized spacial score (nSPS) is 19.6. The zero-order chi connectivity index (χ0) is 12.5. The van der Waals surface area contributed by atoms with Crippen LogP contribution in [-0.2, 0) is 6.42 Å². The number of nitrogens with one attached hydrogen (secondary N) is 2. The molecule has 3 nitrogen and oxygen atoms in total. The number of aromatic nitrogens is 1. The predicted molar refractivity (Wildman–Crippen MR) is 74.3 cm³/mol. The molecule has 3 heteroatoms. The second-order valence-corrected chi connectivity index (χ2v) is 5.17. The molecule has 1 atom stereocenters. The Hall–Kier alpha value is -1.48. The summed E-state index contributed by atoms with van der Waals surface area (Å²) in [6.45, 7) is 4.46. The van der Waals surface area contributed by atoms with E-state index >= 15 is 0 Å². The number of ether oxygens (including phenoxy) is 1. The zero-order valence-corrected chi connectivity index (χ0v) is 11.0. The van der Waals surface area contributed by atoms with Gasteiger partial charge in [0.15, 0.2) is 0 Å². The molecule has 0 saturated carbocycles. The van der Waals surface area contributed by atoms with Crippen molar-refractivity contribution in [1.82, 2.24) is 10.3 Å². The van der Waals surface area contributed by atoms with Crippen LogP contribution in [0, 0.1) is 12.8 Å². The van der Waals surface area contributed by atoms with E-state index in [4.69, 9.17) is 4.74 Å². The van der Waals surface area contributed by atoms with Crippen LogP contribution >= 0.6 is 0 Å². The molecule has 0 bridgehead atoms. The number of benzene rings is 1. The van der Waals surface area contributed by atoms with E-state index in [1.165, 1.54) is 28.6 Å². The minimum Gasteiger partial charge on any atom is -0.496 e. The lowest BCUT2D eigenvalue weighted by Crippen LogP contribution is -2.11. The van der Waals surface area contributed by atoms with Gasteiger partial charge in [-0.25, -0.2) is 0 Å². The van der Waals surface area contributed by atoms with Crippen LogP contribution in [0.3, 0.4) is 0 Å². The molecule has 2 heterocycles. The van der Waals surface area contributed by atoms with Gasteiger partial charge in [0.1, 0.15) is 5.75 Å². The second-order valence-electron chi connectivity index (χ2n) is 5.17. The van der Waals surface area contributed by atoms with Crippen molar-refractivity contribution in [3.8, 4) is 5.75 Å². The Morgan fingerprint density at radius 1 is 1.39 bits per heavy atom. The first-order chi connectivity index (χ1) is 8.79. The largest absolute Gasteiger partial charge is 0.496 e. The highest BCUT2D eigenvalue weighted by Crippen LogP contribution is 2.33. The van der Waals surface area contributed by atoms with Gasteiger partial charge in [0, 0.05) is 16.6 Å². The first kappa shape index (κ1) is 11.6. The molecule has 0 aliphatic carbocycles. The van der Waals surface area contributed by atoms with Crippen LogP contribution < -0.4 is 10.1 Å². The van der Waals surface area contributed by atoms with Crippen LogP contribution in [0.15, 0.2) is 18.2 Å². The van der Waals surface area contributed by atoms with E-state index in [-0.39, 0.29) is 0 Å². The molecule has 1 unspecified atom stereocenters. The van der Waals surface area contributed by atoms with Crippen LogP contribution in [0.5, 0.6) is 5.75 Å². The number of aromatic amines is 1. The molecular formula is C15H20N2O. The van der Waals surface area contributed by atoms with Crippen LogP contribution in [0.25, 0.3) is 10.9 Å². The summed E-state index contributed by atoms with van der Waals surface area (Å²) < 4.78 is 5.51. The summed E-state index contributed by atoms with van der Waals surface area (Å²) in [5, 5.41) is 4.71. The van der Waals surface area contributed by atoms with E-state index in [2.05, 4.69) is 23.3 Å². The van der Waals surface area contributed by atoms with E-state index in [1.807, 2.05) is 12.1 Å². The summed E-state index contributed by atoms with van der Waals surface area (Å²) in [6.07, 6.45) is 2.42. The molecule has 0 radical (unpaired) electrons. The molecule has 1 fully saturated rings. The average molecular weight is 244 g/mol. The summed E-state index contributed by atoms with van der Waals surface area (Å²) in [4.78, 5) is 3.48. The van der Waals surface area contributed by atoms with Gasteiger partial charge in [-0.3, -0.25) is 0 Å². The minimum atomic E-state index is 0.757. The summed E-state index contributed by atoms with van der Waals surface area (Å²) in [5.41, 5.74) is 3.89. The fraction of sp³-hybridized carbons (Fsp3) is 0.467. The van der Waals surface area contributed by atoms with Crippen molar-refractivity contribution < 1.29 is 4.74 Å². The molecule has 18 heavy (non-hydrogen) atoms. The van der Waals surface area contributed by atoms with Crippen molar-refractivity contribution in [1.29, 1.82) is 0 Å². The van der Waals surface area contributed by atoms with Gasteiger partial charge in [0.05, 0.1) is 7.11 Å². The van der Waals surface area contributed by atoms with Gasteiger partial charge in [0.2, 0.25) is 0 Å². The molecule has 96 valence electrons. The van der Waals surface area contributed by atoms with Gasteiger partial charge in [-0.05, 0) is 56.5 Å². The van der Waals surface area contributed by atoms with Gasteiger partial charge in [-0.2, -0.15) is 0 Å². The maximum Gasteiger partial charge on any atom is 0.128 e. The molecule has 1 aromatic carbocycles. The van der Waals surface area contributed by atoms with Crippen LogP contribution in [0.4, 0.5) is 0 Å². The first-order valence-electron chi connectivity index (χ1n) is 6.64. The lowest BCUT2D eigenvalue weighted by atomic mass is 9.96. The molecule has 0 spiro atoms. The summed E-state index contributed by atoms with van der Waals surface area (Å²) in [6, 6.07) is 6.21. The van der Waals surface area contributed by atoms with Crippen molar-refractivity contribution in [2.45, 2.75) is 19.8 Å². The monoisotopic (exact) mass is 244 g/mol.